The third kappa shape index (κ3) is 7.02. The number of hydrogen-bond donors (Lipinski definition) is 3. The van der Waals surface area contributed by atoms with Gasteiger partial charge in [0.1, 0.15) is 17.3 Å². The van der Waals surface area contributed by atoms with Gasteiger partial charge in [0.05, 0.1) is 0 Å². The average molecular weight is 449 g/mol. The van der Waals surface area contributed by atoms with Crippen LogP contribution in [0.5, 0.6) is 11.5 Å². The molecule has 2 unspecified atom stereocenters. The van der Waals surface area contributed by atoms with Crippen molar-refractivity contribution in [2.45, 2.75) is 24.8 Å². The number of halogens is 1. The standard InChI is InChI=1S/C22H20FNO.C4H4O4/c23-17-7-11-19(12-8-17)25-18-9-5-15(6-10-18)13-21-20-4-2-1-3-16(20)14-22(21)24;5-3(6)1-2-4(7)8/h1-12,21-22H,13-14,24H2;1-2H,(H,5,6)(H,7,8)/b;2-1-. The second-order valence-electron chi connectivity index (χ2n) is 7.59. The first kappa shape index (κ1) is 23.7. The summed E-state index contributed by atoms with van der Waals surface area (Å²) in [6, 6.07) is 22.8. The van der Waals surface area contributed by atoms with Gasteiger partial charge in [-0.25, -0.2) is 14.0 Å². The van der Waals surface area contributed by atoms with Crippen molar-refractivity contribution in [2.24, 2.45) is 5.73 Å². The Bertz CT molecular complexity index is 1110. The zero-order valence-corrected chi connectivity index (χ0v) is 17.7. The number of aliphatic carboxylic acids is 2. The normalized spacial score (nSPS) is 16.5. The fourth-order valence-electron chi connectivity index (χ4n) is 3.70. The molecule has 33 heavy (non-hydrogen) atoms. The van der Waals surface area contributed by atoms with E-state index in [1.165, 1.54) is 28.8 Å². The van der Waals surface area contributed by atoms with Crippen LogP contribution in [0.1, 0.15) is 22.6 Å². The largest absolute Gasteiger partial charge is 0.478 e. The molecule has 4 N–H and O–H groups in total. The van der Waals surface area contributed by atoms with E-state index in [4.69, 9.17) is 20.7 Å². The van der Waals surface area contributed by atoms with E-state index in [2.05, 4.69) is 36.4 Å². The molecule has 6 nitrogen and oxygen atoms in total. The molecule has 0 saturated carbocycles. The lowest BCUT2D eigenvalue weighted by Gasteiger charge is -2.17. The molecule has 2 atom stereocenters. The van der Waals surface area contributed by atoms with E-state index in [-0.39, 0.29) is 11.9 Å². The van der Waals surface area contributed by atoms with Crippen molar-refractivity contribution in [1.29, 1.82) is 0 Å². The van der Waals surface area contributed by atoms with Crippen LogP contribution in [0.2, 0.25) is 0 Å². The van der Waals surface area contributed by atoms with Crippen LogP contribution in [0.3, 0.4) is 0 Å². The zero-order chi connectivity index (χ0) is 23.8. The fraction of sp³-hybridized carbons (Fsp3) is 0.154. The zero-order valence-electron chi connectivity index (χ0n) is 17.7. The Balaban J connectivity index is 0.000000331. The maximum atomic E-state index is 12.9. The summed E-state index contributed by atoms with van der Waals surface area (Å²) in [4.78, 5) is 19.1. The van der Waals surface area contributed by atoms with Gasteiger partial charge in [-0.3, -0.25) is 0 Å². The molecule has 0 radical (unpaired) electrons. The average Bonchev–Trinajstić information content (AvgIpc) is 3.11. The summed E-state index contributed by atoms with van der Waals surface area (Å²) in [5.74, 6) is -1.05. The highest BCUT2D eigenvalue weighted by molar-refractivity contribution is 5.89. The van der Waals surface area contributed by atoms with Crippen LogP contribution in [0.25, 0.3) is 0 Å². The lowest BCUT2D eigenvalue weighted by molar-refractivity contribution is -0.134. The number of hydrogen-bond acceptors (Lipinski definition) is 4. The first-order valence-electron chi connectivity index (χ1n) is 10.3. The Labute approximate surface area is 190 Å². The van der Waals surface area contributed by atoms with Gasteiger partial charge in [0.25, 0.3) is 0 Å². The number of carbonyl (C=O) groups is 2. The second kappa shape index (κ2) is 11.1. The third-order valence-corrected chi connectivity index (χ3v) is 5.22. The van der Waals surface area contributed by atoms with E-state index in [0.29, 0.717) is 23.8 Å². The molecule has 4 rings (SSSR count). The number of carboxylic acid groups (broad SMARTS) is 2. The summed E-state index contributed by atoms with van der Waals surface area (Å²) in [7, 11) is 0. The minimum absolute atomic E-state index is 0.174. The van der Waals surface area contributed by atoms with Crippen LogP contribution < -0.4 is 10.5 Å². The molecule has 3 aromatic carbocycles. The minimum atomic E-state index is -1.26. The molecule has 3 aromatic rings. The smallest absolute Gasteiger partial charge is 0.328 e. The van der Waals surface area contributed by atoms with Crippen LogP contribution >= 0.6 is 0 Å². The summed E-state index contributed by atoms with van der Waals surface area (Å²) in [6.07, 6.45) is 2.99. The molecule has 1 aliphatic carbocycles. The van der Waals surface area contributed by atoms with E-state index >= 15 is 0 Å². The van der Waals surface area contributed by atoms with Crippen molar-refractivity contribution >= 4 is 11.9 Å². The van der Waals surface area contributed by atoms with Crippen molar-refractivity contribution in [1.82, 2.24) is 0 Å². The summed E-state index contributed by atoms with van der Waals surface area (Å²) >= 11 is 0. The predicted molar refractivity (Wildman–Crippen MR) is 122 cm³/mol. The molecule has 0 spiro atoms. The van der Waals surface area contributed by atoms with Gasteiger partial charge in [0, 0.05) is 24.1 Å². The number of carboxylic acids is 2. The molecule has 0 bridgehead atoms. The van der Waals surface area contributed by atoms with Crippen LogP contribution in [0, 0.1) is 5.82 Å². The van der Waals surface area contributed by atoms with E-state index in [1.807, 2.05) is 12.1 Å². The molecule has 0 fully saturated rings. The predicted octanol–water partition coefficient (Wildman–Crippen LogP) is 4.54. The third-order valence-electron chi connectivity index (χ3n) is 5.22. The molecular weight excluding hydrogens is 425 g/mol. The first-order valence-corrected chi connectivity index (χ1v) is 10.3. The van der Waals surface area contributed by atoms with Crippen molar-refractivity contribution in [2.75, 3.05) is 0 Å². The van der Waals surface area contributed by atoms with Crippen LogP contribution in [-0.4, -0.2) is 28.2 Å². The summed E-state index contributed by atoms with van der Waals surface area (Å²) < 4.78 is 18.7. The Morgan fingerprint density at radius 3 is 2.03 bits per heavy atom. The molecule has 170 valence electrons. The number of fused-ring (bicyclic) bond motifs is 1. The Kier molecular flexibility index (Phi) is 7.94. The Morgan fingerprint density at radius 2 is 1.45 bits per heavy atom. The quantitative estimate of drug-likeness (QED) is 0.477. The lowest BCUT2D eigenvalue weighted by Crippen LogP contribution is -2.26. The Morgan fingerprint density at radius 1 is 0.909 bits per heavy atom. The van der Waals surface area contributed by atoms with Gasteiger partial charge in [-0.2, -0.15) is 0 Å². The highest BCUT2D eigenvalue weighted by Gasteiger charge is 2.29. The highest BCUT2D eigenvalue weighted by Crippen LogP contribution is 2.35. The maximum Gasteiger partial charge on any atom is 0.328 e. The lowest BCUT2D eigenvalue weighted by atomic mass is 9.91. The Hall–Kier alpha value is -3.97. The number of ether oxygens (including phenoxy) is 1. The van der Waals surface area contributed by atoms with E-state index in [9.17, 15) is 14.0 Å². The summed E-state index contributed by atoms with van der Waals surface area (Å²) in [6.45, 7) is 0. The fourth-order valence-corrected chi connectivity index (χ4v) is 3.70. The van der Waals surface area contributed by atoms with Crippen LogP contribution in [-0.2, 0) is 22.4 Å². The molecule has 7 heteroatoms. The van der Waals surface area contributed by atoms with Gasteiger partial charge in [-0.05, 0) is 65.9 Å². The first-order chi connectivity index (χ1) is 15.8. The van der Waals surface area contributed by atoms with Crippen molar-refractivity contribution in [3.05, 3.63) is 107 Å². The van der Waals surface area contributed by atoms with E-state index in [0.717, 1.165) is 18.6 Å². The highest BCUT2D eigenvalue weighted by atomic mass is 19.1. The molecule has 0 aromatic heterocycles. The van der Waals surface area contributed by atoms with Gasteiger partial charge in [0.15, 0.2) is 0 Å². The molecule has 1 aliphatic rings. The molecule has 0 aliphatic heterocycles. The molecule has 0 amide bonds. The van der Waals surface area contributed by atoms with Gasteiger partial charge in [0.2, 0.25) is 0 Å². The summed E-state index contributed by atoms with van der Waals surface area (Å²) in [5.41, 5.74) is 10.4. The topological polar surface area (TPSA) is 110 Å². The van der Waals surface area contributed by atoms with Gasteiger partial charge in [-0.1, -0.05) is 36.4 Å². The maximum absolute atomic E-state index is 12.9. The van der Waals surface area contributed by atoms with E-state index in [1.54, 1.807) is 12.1 Å². The number of benzene rings is 3. The SMILES string of the molecule is NC1Cc2ccccc2C1Cc1ccc(Oc2ccc(F)cc2)cc1.O=C(O)/C=C\C(=O)O. The van der Waals surface area contributed by atoms with Crippen molar-refractivity contribution in [3.8, 4) is 11.5 Å². The molecule has 0 saturated heterocycles. The minimum Gasteiger partial charge on any atom is -0.478 e. The number of nitrogens with two attached hydrogens (primary N) is 1. The van der Waals surface area contributed by atoms with Gasteiger partial charge in [-0.15, -0.1) is 0 Å². The molecular formula is C26H24FNO5. The summed E-state index contributed by atoms with van der Waals surface area (Å²) in [5, 5.41) is 15.6. The van der Waals surface area contributed by atoms with Crippen LogP contribution in [0.15, 0.2) is 84.9 Å². The second-order valence-corrected chi connectivity index (χ2v) is 7.59. The van der Waals surface area contributed by atoms with Crippen molar-refractivity contribution < 1.29 is 28.9 Å². The van der Waals surface area contributed by atoms with Gasteiger partial charge >= 0.3 is 11.9 Å². The monoisotopic (exact) mass is 449 g/mol. The van der Waals surface area contributed by atoms with E-state index < -0.39 is 11.9 Å². The molecule has 0 heterocycles. The number of rotatable bonds is 6. The van der Waals surface area contributed by atoms with Gasteiger partial charge < -0.3 is 20.7 Å². The van der Waals surface area contributed by atoms with Crippen LogP contribution in [0.4, 0.5) is 4.39 Å². The van der Waals surface area contributed by atoms with Crippen molar-refractivity contribution in [3.63, 3.8) is 0 Å².